The van der Waals surface area contributed by atoms with Crippen LogP contribution < -0.4 is 0 Å². The minimum Gasteiger partial charge on any atom is -0.272 e. The van der Waals surface area contributed by atoms with Crippen LogP contribution in [-0.4, -0.2) is 29.6 Å². The zero-order valence-electron chi connectivity index (χ0n) is 11.7. The van der Waals surface area contributed by atoms with Crippen LogP contribution in [0, 0.1) is 13.8 Å². The third-order valence-corrected chi connectivity index (χ3v) is 6.75. The van der Waals surface area contributed by atoms with Gasteiger partial charge in [0.2, 0.25) is 0 Å². The van der Waals surface area contributed by atoms with Crippen molar-refractivity contribution in [2.45, 2.75) is 24.6 Å². The highest BCUT2D eigenvalue weighted by Crippen LogP contribution is 2.28. The van der Waals surface area contributed by atoms with Gasteiger partial charge in [0, 0.05) is 31.9 Å². The van der Waals surface area contributed by atoms with Gasteiger partial charge in [0.05, 0.1) is 10.0 Å². The number of thiophene rings is 1. The molecule has 0 unspecified atom stereocenters. The van der Waals surface area contributed by atoms with Gasteiger partial charge in [-0.05, 0) is 26.0 Å². The van der Waals surface area contributed by atoms with Crippen LogP contribution in [0.15, 0.2) is 16.3 Å². The number of nitrogens with zero attached hydrogens (tertiary/aromatic N) is 3. The summed E-state index contributed by atoms with van der Waals surface area (Å²) in [7, 11) is -0.0993. The Kier molecular flexibility index (Phi) is 4.24. The summed E-state index contributed by atoms with van der Waals surface area (Å²) in [4.78, 5) is 0. The average Bonchev–Trinajstić information content (AvgIpc) is 2.89. The zero-order valence-corrected chi connectivity index (χ0v) is 14.1. The van der Waals surface area contributed by atoms with Crippen molar-refractivity contribution in [3.8, 4) is 0 Å². The van der Waals surface area contributed by atoms with Gasteiger partial charge in [-0.3, -0.25) is 4.68 Å². The van der Waals surface area contributed by atoms with Gasteiger partial charge in [-0.15, -0.1) is 11.3 Å². The average molecular weight is 334 g/mol. The minimum atomic E-state index is -3.51. The lowest BCUT2D eigenvalue weighted by Gasteiger charge is -2.16. The number of hydrogen-bond donors (Lipinski definition) is 0. The van der Waals surface area contributed by atoms with E-state index in [2.05, 4.69) is 5.10 Å². The second-order valence-corrected chi connectivity index (χ2v) is 8.58. The molecule has 110 valence electrons. The first-order chi connectivity index (χ1) is 9.23. The largest absolute Gasteiger partial charge is 0.272 e. The second kappa shape index (κ2) is 5.48. The monoisotopic (exact) mass is 333 g/mol. The molecule has 0 spiro atoms. The Labute approximate surface area is 127 Å². The van der Waals surface area contributed by atoms with E-state index in [4.69, 9.17) is 11.6 Å². The van der Waals surface area contributed by atoms with Crippen molar-refractivity contribution in [2.75, 3.05) is 7.05 Å². The maximum absolute atomic E-state index is 12.4. The molecule has 0 radical (unpaired) electrons. The predicted octanol–water partition coefficient (Wildman–Crippen LogP) is 2.57. The van der Waals surface area contributed by atoms with Gasteiger partial charge in [0.1, 0.15) is 4.21 Å². The fraction of sp³-hybridized carbons (Fsp3) is 0.417. The lowest BCUT2D eigenvalue weighted by atomic mass is 10.2. The van der Waals surface area contributed by atoms with Crippen LogP contribution in [0.4, 0.5) is 0 Å². The molecule has 0 bridgehead atoms. The summed E-state index contributed by atoms with van der Waals surface area (Å²) >= 11 is 6.87. The van der Waals surface area contributed by atoms with Crippen molar-refractivity contribution in [1.82, 2.24) is 14.1 Å². The Hall–Kier alpha value is -0.890. The van der Waals surface area contributed by atoms with Crippen LogP contribution >= 0.6 is 22.9 Å². The predicted molar refractivity (Wildman–Crippen MR) is 80.7 cm³/mol. The van der Waals surface area contributed by atoms with Crippen LogP contribution in [0.3, 0.4) is 0 Å². The summed E-state index contributed by atoms with van der Waals surface area (Å²) in [5.41, 5.74) is 2.74. The van der Waals surface area contributed by atoms with E-state index in [1.54, 1.807) is 17.8 Å². The molecule has 0 aliphatic carbocycles. The quantitative estimate of drug-likeness (QED) is 0.864. The van der Waals surface area contributed by atoms with Crippen LogP contribution in [0.2, 0.25) is 4.34 Å². The Bertz CT molecular complexity index is 734. The summed E-state index contributed by atoms with van der Waals surface area (Å²) in [5.74, 6) is 0. The van der Waals surface area contributed by atoms with Gasteiger partial charge >= 0.3 is 0 Å². The topological polar surface area (TPSA) is 55.2 Å². The van der Waals surface area contributed by atoms with Crippen molar-refractivity contribution in [3.63, 3.8) is 0 Å². The Morgan fingerprint density at radius 2 is 2.05 bits per heavy atom. The lowest BCUT2D eigenvalue weighted by molar-refractivity contribution is 0.466. The first kappa shape index (κ1) is 15.5. The minimum absolute atomic E-state index is 0.254. The van der Waals surface area contributed by atoms with Gasteiger partial charge in [0.25, 0.3) is 10.0 Å². The van der Waals surface area contributed by atoms with E-state index in [0.717, 1.165) is 28.3 Å². The summed E-state index contributed by atoms with van der Waals surface area (Å²) in [5, 5.41) is 4.30. The molecule has 0 fully saturated rings. The summed E-state index contributed by atoms with van der Waals surface area (Å²) in [6.45, 7) is 4.10. The third-order valence-electron chi connectivity index (χ3n) is 3.25. The molecule has 0 aliphatic rings. The van der Waals surface area contributed by atoms with E-state index in [1.807, 2.05) is 20.9 Å². The number of halogens is 1. The highest BCUT2D eigenvalue weighted by Gasteiger charge is 2.24. The van der Waals surface area contributed by atoms with Crippen molar-refractivity contribution >= 4 is 33.0 Å². The van der Waals surface area contributed by atoms with Crippen LogP contribution in [0.1, 0.15) is 17.0 Å². The molecule has 8 heteroatoms. The normalized spacial score (nSPS) is 12.3. The fourth-order valence-corrected chi connectivity index (χ4v) is 4.78. The number of rotatable bonds is 4. The molecule has 2 heterocycles. The lowest BCUT2D eigenvalue weighted by Crippen LogP contribution is -2.26. The standard InChI is InChI=1S/C12H16ClN3O2S2/c1-8-10(9(2)16(4)14-8)7-15(3)20(17,18)12-6-5-11(13)19-12/h5-6H,7H2,1-4H3. The molecule has 20 heavy (non-hydrogen) atoms. The van der Waals surface area contributed by atoms with Crippen LogP contribution in [0.25, 0.3) is 0 Å². The van der Waals surface area contributed by atoms with E-state index < -0.39 is 10.0 Å². The molecule has 0 saturated carbocycles. The highest BCUT2D eigenvalue weighted by molar-refractivity contribution is 7.91. The molecule has 2 rings (SSSR count). The Balaban J connectivity index is 2.30. The first-order valence-electron chi connectivity index (χ1n) is 5.94. The molecule has 0 atom stereocenters. The zero-order chi connectivity index (χ0) is 15.1. The number of aryl methyl sites for hydroxylation is 2. The third kappa shape index (κ3) is 2.76. The molecule has 5 nitrogen and oxygen atoms in total. The van der Waals surface area contributed by atoms with Crippen molar-refractivity contribution in [3.05, 3.63) is 33.4 Å². The number of aromatic nitrogens is 2. The second-order valence-electron chi connectivity index (χ2n) is 4.59. The van der Waals surface area contributed by atoms with E-state index in [1.165, 1.54) is 10.4 Å². The molecular weight excluding hydrogens is 318 g/mol. The van der Waals surface area contributed by atoms with Crippen LogP contribution in [0.5, 0.6) is 0 Å². The van der Waals surface area contributed by atoms with Crippen molar-refractivity contribution in [1.29, 1.82) is 0 Å². The molecule has 0 saturated heterocycles. The summed E-state index contributed by atoms with van der Waals surface area (Å²) in [6, 6.07) is 3.12. The summed E-state index contributed by atoms with van der Waals surface area (Å²) < 4.78 is 28.7. The molecule has 0 amide bonds. The molecular formula is C12H16ClN3O2S2. The van der Waals surface area contributed by atoms with E-state index >= 15 is 0 Å². The van der Waals surface area contributed by atoms with Crippen molar-refractivity contribution < 1.29 is 8.42 Å². The SMILES string of the molecule is Cc1nn(C)c(C)c1CN(C)S(=O)(=O)c1ccc(Cl)s1. The summed E-state index contributed by atoms with van der Waals surface area (Å²) in [6.07, 6.45) is 0. The maximum Gasteiger partial charge on any atom is 0.252 e. The molecule has 0 N–H and O–H groups in total. The molecule has 2 aromatic rings. The van der Waals surface area contributed by atoms with E-state index in [-0.39, 0.29) is 4.21 Å². The molecule has 0 aliphatic heterocycles. The smallest absolute Gasteiger partial charge is 0.252 e. The van der Waals surface area contributed by atoms with Gasteiger partial charge < -0.3 is 0 Å². The number of hydrogen-bond acceptors (Lipinski definition) is 4. The Morgan fingerprint density at radius 3 is 2.50 bits per heavy atom. The van der Waals surface area contributed by atoms with Gasteiger partial charge in [-0.1, -0.05) is 11.6 Å². The maximum atomic E-state index is 12.4. The first-order valence-corrected chi connectivity index (χ1v) is 8.57. The van der Waals surface area contributed by atoms with E-state index in [9.17, 15) is 8.42 Å². The molecule has 0 aromatic carbocycles. The van der Waals surface area contributed by atoms with Crippen molar-refractivity contribution in [2.24, 2.45) is 7.05 Å². The van der Waals surface area contributed by atoms with E-state index in [0.29, 0.717) is 10.9 Å². The Morgan fingerprint density at radius 1 is 1.40 bits per heavy atom. The van der Waals surface area contributed by atoms with Crippen LogP contribution in [-0.2, 0) is 23.6 Å². The number of sulfonamides is 1. The van der Waals surface area contributed by atoms with Gasteiger partial charge in [0.15, 0.2) is 0 Å². The van der Waals surface area contributed by atoms with Gasteiger partial charge in [-0.25, -0.2) is 8.42 Å². The molecule has 2 aromatic heterocycles. The fourth-order valence-electron chi connectivity index (χ4n) is 1.94. The highest BCUT2D eigenvalue weighted by atomic mass is 35.5. The van der Waals surface area contributed by atoms with Gasteiger partial charge in [-0.2, -0.15) is 9.40 Å².